The van der Waals surface area contributed by atoms with Crippen LogP contribution >= 0.6 is 0 Å². The molecule has 2 saturated carbocycles. The summed E-state index contributed by atoms with van der Waals surface area (Å²) in [6, 6.07) is -0.771. The summed E-state index contributed by atoms with van der Waals surface area (Å²) < 4.78 is 31.9. The molecule has 11 nitrogen and oxygen atoms in total. The number of aliphatic hydroxyl groups is 1. The van der Waals surface area contributed by atoms with E-state index < -0.39 is 50.9 Å². The van der Waals surface area contributed by atoms with Crippen LogP contribution in [0.5, 0.6) is 0 Å². The third-order valence-corrected chi connectivity index (χ3v) is 9.93. The van der Waals surface area contributed by atoms with Gasteiger partial charge in [0.15, 0.2) is 0 Å². The molecule has 4 N–H and O–H groups in total. The summed E-state index contributed by atoms with van der Waals surface area (Å²) in [5.74, 6) is -1.19. The highest BCUT2D eigenvalue weighted by Crippen LogP contribution is 2.53. The number of nitrogens with zero attached hydrogens (tertiary/aromatic N) is 2. The summed E-state index contributed by atoms with van der Waals surface area (Å²) in [5.41, 5.74) is 4.62. The molecular weight excluding hydrogens is 536 g/mol. The number of nitrogens with two attached hydrogens (primary N) is 1. The van der Waals surface area contributed by atoms with Crippen LogP contribution in [0, 0.1) is 11.3 Å². The van der Waals surface area contributed by atoms with E-state index in [1.807, 2.05) is 38.7 Å². The molecule has 2 aliphatic carbocycles. The van der Waals surface area contributed by atoms with Crippen LogP contribution in [0.4, 0.5) is 4.79 Å². The van der Waals surface area contributed by atoms with Gasteiger partial charge < -0.3 is 20.5 Å². The molecule has 3 amide bonds. The zero-order chi connectivity index (χ0) is 29.9. The predicted molar refractivity (Wildman–Crippen MR) is 151 cm³/mol. The fraction of sp³-hybridized carbons (Fsp3) is 0.821. The second-order valence-corrected chi connectivity index (χ2v) is 15.0. The Kier molecular flexibility index (Phi) is 10.3. The summed E-state index contributed by atoms with van der Waals surface area (Å²) in [6.45, 7) is 8.17. The van der Waals surface area contributed by atoms with E-state index >= 15 is 0 Å². The summed E-state index contributed by atoms with van der Waals surface area (Å²) in [4.78, 5) is 40.5. The SMILES string of the molecule is CN(C(=O)OC(C)(C)C)[C@H](CCCCC/C=C/C1(C)C[C@@H]1C(=O)NS(=O)(=O)C1CC1)CN1C[C@@H](O)C[C@@H]1C(N)=O. The Morgan fingerprint density at radius 2 is 1.90 bits per heavy atom. The van der Waals surface area contributed by atoms with Gasteiger partial charge in [-0.15, -0.1) is 0 Å². The highest BCUT2D eigenvalue weighted by Gasteiger charge is 2.54. The van der Waals surface area contributed by atoms with Gasteiger partial charge in [0, 0.05) is 32.1 Å². The number of β-amino-alcohol motifs (C(OH)–C–C–N with tert-alkyl or cyclic N) is 1. The molecular formula is C28H48N4O7S. The van der Waals surface area contributed by atoms with E-state index in [0.717, 1.165) is 25.7 Å². The van der Waals surface area contributed by atoms with Crippen molar-refractivity contribution in [1.29, 1.82) is 0 Å². The van der Waals surface area contributed by atoms with Crippen molar-refractivity contribution in [1.82, 2.24) is 14.5 Å². The largest absolute Gasteiger partial charge is 0.444 e. The van der Waals surface area contributed by atoms with E-state index in [0.29, 0.717) is 45.2 Å². The fourth-order valence-corrected chi connectivity index (χ4v) is 6.69. The molecule has 228 valence electrons. The minimum atomic E-state index is -3.52. The number of ether oxygens (including phenoxy) is 1. The van der Waals surface area contributed by atoms with Crippen molar-refractivity contribution < 1.29 is 32.6 Å². The molecule has 12 heteroatoms. The molecule has 5 atom stereocenters. The Labute approximate surface area is 238 Å². The first kappa shape index (κ1) is 32.3. The van der Waals surface area contributed by atoms with Gasteiger partial charge >= 0.3 is 6.09 Å². The highest BCUT2D eigenvalue weighted by molar-refractivity contribution is 7.90. The van der Waals surface area contributed by atoms with Crippen LogP contribution in [0.3, 0.4) is 0 Å². The summed E-state index contributed by atoms with van der Waals surface area (Å²) in [6.07, 6.45) is 9.45. The first-order chi connectivity index (χ1) is 18.5. The fourth-order valence-electron chi connectivity index (χ4n) is 5.34. The van der Waals surface area contributed by atoms with Gasteiger partial charge in [-0.1, -0.05) is 31.9 Å². The topological polar surface area (TPSA) is 159 Å². The van der Waals surface area contributed by atoms with Gasteiger partial charge in [-0.25, -0.2) is 13.2 Å². The maximum atomic E-state index is 12.8. The quantitative estimate of drug-likeness (QED) is 0.207. The maximum absolute atomic E-state index is 12.8. The van der Waals surface area contributed by atoms with Gasteiger partial charge in [0.1, 0.15) is 5.60 Å². The number of allylic oxidation sites excluding steroid dienone is 2. The molecule has 1 heterocycles. The van der Waals surface area contributed by atoms with Gasteiger partial charge in [-0.3, -0.25) is 19.2 Å². The lowest BCUT2D eigenvalue weighted by Crippen LogP contribution is -2.50. The number of rotatable bonds is 14. The number of aliphatic hydroxyl groups excluding tert-OH is 1. The van der Waals surface area contributed by atoms with Gasteiger partial charge in [0.2, 0.25) is 21.8 Å². The molecule has 3 aliphatic rings. The van der Waals surface area contributed by atoms with Crippen LogP contribution in [0.15, 0.2) is 12.2 Å². The molecule has 0 aromatic carbocycles. The lowest BCUT2D eigenvalue weighted by molar-refractivity contribution is -0.122. The van der Waals surface area contributed by atoms with Crippen molar-refractivity contribution in [3.05, 3.63) is 12.2 Å². The molecule has 40 heavy (non-hydrogen) atoms. The number of primary amides is 1. The first-order valence-electron chi connectivity index (χ1n) is 14.4. The third kappa shape index (κ3) is 9.17. The van der Waals surface area contributed by atoms with Crippen LogP contribution in [0.2, 0.25) is 0 Å². The van der Waals surface area contributed by atoms with E-state index in [-0.39, 0.29) is 17.4 Å². The predicted octanol–water partition coefficient (Wildman–Crippen LogP) is 2.28. The van der Waals surface area contributed by atoms with Crippen molar-refractivity contribution in [2.75, 3.05) is 20.1 Å². The third-order valence-electron chi connectivity index (χ3n) is 8.09. The van der Waals surface area contributed by atoms with Crippen LogP contribution in [-0.4, -0.2) is 90.4 Å². The normalized spacial score (nSPS) is 27.9. The number of nitrogens with one attached hydrogen (secondary N) is 1. The second-order valence-electron chi connectivity index (χ2n) is 13.0. The highest BCUT2D eigenvalue weighted by atomic mass is 32.2. The number of likely N-dealkylation sites (tertiary alicyclic amines) is 1. The number of hydrogen-bond donors (Lipinski definition) is 3. The maximum Gasteiger partial charge on any atom is 0.410 e. The van der Waals surface area contributed by atoms with Crippen molar-refractivity contribution in [3.63, 3.8) is 0 Å². The second kappa shape index (κ2) is 12.8. The minimum absolute atomic E-state index is 0.214. The van der Waals surface area contributed by atoms with Crippen molar-refractivity contribution in [3.8, 4) is 0 Å². The smallest absolute Gasteiger partial charge is 0.410 e. The van der Waals surface area contributed by atoms with E-state index in [1.165, 1.54) is 0 Å². The van der Waals surface area contributed by atoms with Crippen molar-refractivity contribution in [2.45, 2.75) is 115 Å². The Morgan fingerprint density at radius 1 is 1.23 bits per heavy atom. The Hall–Kier alpha value is -2.18. The lowest BCUT2D eigenvalue weighted by atomic mass is 10.0. The molecule has 3 fully saturated rings. The van der Waals surface area contributed by atoms with E-state index in [4.69, 9.17) is 10.5 Å². The Balaban J connectivity index is 1.45. The summed E-state index contributed by atoms with van der Waals surface area (Å²) in [5, 5.41) is 9.69. The number of likely N-dealkylation sites (N-methyl/N-ethyl adjacent to an activating group) is 1. The van der Waals surface area contributed by atoms with Crippen LogP contribution in [0.25, 0.3) is 0 Å². The van der Waals surface area contributed by atoms with E-state index in [9.17, 15) is 27.9 Å². The average Bonchev–Trinajstić information content (AvgIpc) is 3.74. The number of sulfonamides is 1. The zero-order valence-corrected chi connectivity index (χ0v) is 25.4. The minimum Gasteiger partial charge on any atom is -0.444 e. The molecule has 0 bridgehead atoms. The van der Waals surface area contributed by atoms with Crippen molar-refractivity contribution >= 4 is 27.9 Å². The number of carbonyl (C=O) groups is 3. The number of unbranched alkanes of at least 4 members (excludes halogenated alkanes) is 3. The van der Waals surface area contributed by atoms with Crippen LogP contribution in [0.1, 0.15) is 85.5 Å². The van der Waals surface area contributed by atoms with Crippen LogP contribution < -0.4 is 10.5 Å². The molecule has 1 unspecified atom stereocenters. The molecule has 0 radical (unpaired) electrons. The summed E-state index contributed by atoms with van der Waals surface area (Å²) in [7, 11) is -1.82. The van der Waals surface area contributed by atoms with E-state index in [1.54, 1.807) is 11.9 Å². The monoisotopic (exact) mass is 584 g/mol. The molecule has 0 aromatic heterocycles. The first-order valence-corrected chi connectivity index (χ1v) is 16.0. The number of hydrogen-bond acceptors (Lipinski definition) is 8. The Morgan fingerprint density at radius 3 is 2.50 bits per heavy atom. The Bertz CT molecular complexity index is 1070. The average molecular weight is 585 g/mol. The van der Waals surface area contributed by atoms with Gasteiger partial charge in [0.25, 0.3) is 0 Å². The molecule has 0 aromatic rings. The zero-order valence-electron chi connectivity index (χ0n) is 24.6. The van der Waals surface area contributed by atoms with Gasteiger partial charge in [-0.2, -0.15) is 0 Å². The number of amides is 3. The molecule has 1 saturated heterocycles. The van der Waals surface area contributed by atoms with Gasteiger partial charge in [0.05, 0.1) is 17.4 Å². The lowest BCUT2D eigenvalue weighted by Gasteiger charge is -2.34. The van der Waals surface area contributed by atoms with Gasteiger partial charge in [-0.05, 0) is 71.1 Å². The van der Waals surface area contributed by atoms with E-state index in [2.05, 4.69) is 10.8 Å². The van der Waals surface area contributed by atoms with Crippen molar-refractivity contribution in [2.24, 2.45) is 17.1 Å². The van der Waals surface area contributed by atoms with Crippen LogP contribution in [-0.2, 0) is 24.3 Å². The molecule has 0 spiro atoms. The summed E-state index contributed by atoms with van der Waals surface area (Å²) >= 11 is 0. The molecule has 3 rings (SSSR count). The molecule has 1 aliphatic heterocycles. The standard InChI is InChI=1S/C28H48N4O7S/c1-27(2,3)39-26(36)31(5)19(17-32-18-20(33)15-23(32)24(29)34)11-9-7-6-8-10-14-28(4)16-22(28)25(35)30-40(37,38)21-12-13-21/h10,14,19-23,33H,6-9,11-13,15-18H2,1-5H3,(H2,29,34)(H,30,35)/b14-10+/t19-,20+,22-,23-,28?/m1/s1. The number of carbonyl (C=O) groups excluding carboxylic acids is 3.